The molecule has 26 heavy (non-hydrogen) atoms. The minimum atomic E-state index is -0.0768. The molecule has 0 radical (unpaired) electrons. The molecule has 0 bridgehead atoms. The quantitative estimate of drug-likeness (QED) is 0.722. The highest BCUT2D eigenvalue weighted by molar-refractivity contribution is 7.16. The number of carbonyl (C=O) groups is 1. The molecule has 0 fully saturated rings. The van der Waals surface area contributed by atoms with Crippen LogP contribution in [0.15, 0.2) is 18.3 Å². The van der Waals surface area contributed by atoms with Crippen LogP contribution in [0.2, 0.25) is 4.34 Å². The van der Waals surface area contributed by atoms with Crippen molar-refractivity contribution in [2.45, 2.75) is 39.7 Å². The minimum absolute atomic E-state index is 0.0286. The Kier molecular flexibility index (Phi) is 5.25. The first-order valence-electron chi connectivity index (χ1n) is 8.19. The van der Waals surface area contributed by atoms with Gasteiger partial charge in [-0.15, -0.1) is 11.3 Å². The molecule has 0 saturated carbocycles. The molecular formula is C18H18ClN5OS. The fourth-order valence-electron chi connectivity index (χ4n) is 2.94. The molecule has 1 amide bonds. The molecule has 0 aromatic carbocycles. The van der Waals surface area contributed by atoms with Gasteiger partial charge in [0.15, 0.2) is 5.65 Å². The van der Waals surface area contributed by atoms with E-state index in [0.717, 1.165) is 21.8 Å². The van der Waals surface area contributed by atoms with E-state index < -0.39 is 0 Å². The molecule has 6 nitrogen and oxygen atoms in total. The highest BCUT2D eigenvalue weighted by atomic mass is 35.5. The predicted octanol–water partition coefficient (Wildman–Crippen LogP) is 3.74. The number of aryl methyl sites for hydroxylation is 2. The van der Waals surface area contributed by atoms with Crippen molar-refractivity contribution >= 4 is 34.5 Å². The molecule has 3 aromatic rings. The number of carbonyl (C=O) groups excluding carboxylic acids is 1. The lowest BCUT2D eigenvalue weighted by atomic mass is 10.1. The van der Waals surface area contributed by atoms with Crippen molar-refractivity contribution in [3.8, 4) is 6.07 Å². The molecule has 1 unspecified atom stereocenters. The normalized spacial score (nSPS) is 12.1. The van der Waals surface area contributed by atoms with E-state index in [1.807, 2.05) is 32.9 Å². The largest absolute Gasteiger partial charge is 0.349 e. The molecule has 0 aliphatic carbocycles. The van der Waals surface area contributed by atoms with Crippen LogP contribution in [0.5, 0.6) is 0 Å². The summed E-state index contributed by atoms with van der Waals surface area (Å²) in [5, 5.41) is 16.4. The van der Waals surface area contributed by atoms with Gasteiger partial charge in [-0.05, 0) is 44.9 Å². The van der Waals surface area contributed by atoms with Gasteiger partial charge in [0.1, 0.15) is 11.6 Å². The topological polar surface area (TPSA) is 83.1 Å². The van der Waals surface area contributed by atoms with Gasteiger partial charge in [-0.3, -0.25) is 4.79 Å². The first-order valence-corrected chi connectivity index (χ1v) is 9.38. The van der Waals surface area contributed by atoms with Crippen LogP contribution < -0.4 is 5.32 Å². The van der Waals surface area contributed by atoms with E-state index in [1.165, 1.54) is 17.5 Å². The van der Waals surface area contributed by atoms with Gasteiger partial charge in [0, 0.05) is 22.7 Å². The summed E-state index contributed by atoms with van der Waals surface area (Å²) in [6, 6.07) is 5.77. The molecule has 1 N–H and O–H groups in total. The van der Waals surface area contributed by atoms with Gasteiger partial charge in [0.25, 0.3) is 0 Å². The Morgan fingerprint density at radius 3 is 2.88 bits per heavy atom. The lowest BCUT2D eigenvalue weighted by Crippen LogP contribution is -2.26. The molecule has 1 atom stereocenters. The number of hydrogen-bond donors (Lipinski definition) is 1. The van der Waals surface area contributed by atoms with Crippen molar-refractivity contribution in [2.75, 3.05) is 0 Å². The van der Waals surface area contributed by atoms with E-state index in [4.69, 9.17) is 16.9 Å². The van der Waals surface area contributed by atoms with Crippen molar-refractivity contribution in [1.29, 1.82) is 5.26 Å². The summed E-state index contributed by atoms with van der Waals surface area (Å²) in [6.07, 6.45) is 2.43. The second-order valence-electron chi connectivity index (χ2n) is 6.10. The third kappa shape index (κ3) is 3.57. The Morgan fingerprint density at radius 1 is 1.46 bits per heavy atom. The van der Waals surface area contributed by atoms with E-state index >= 15 is 0 Å². The Hall–Kier alpha value is -2.43. The number of halogens is 1. The third-order valence-corrected chi connectivity index (χ3v) is 5.74. The molecule has 0 spiro atoms. The van der Waals surface area contributed by atoms with E-state index in [2.05, 4.69) is 21.5 Å². The van der Waals surface area contributed by atoms with Crippen molar-refractivity contribution < 1.29 is 4.79 Å². The third-order valence-electron chi connectivity index (χ3n) is 4.33. The Balaban J connectivity index is 1.71. The van der Waals surface area contributed by atoms with Crippen molar-refractivity contribution in [1.82, 2.24) is 19.9 Å². The van der Waals surface area contributed by atoms with Crippen LogP contribution in [0, 0.1) is 25.2 Å². The number of thiophene rings is 1. The van der Waals surface area contributed by atoms with Crippen LogP contribution in [-0.2, 0) is 11.2 Å². The fraction of sp³-hybridized carbons (Fsp3) is 0.333. The molecule has 3 heterocycles. The average molecular weight is 388 g/mol. The van der Waals surface area contributed by atoms with Crippen LogP contribution in [-0.4, -0.2) is 20.5 Å². The summed E-state index contributed by atoms with van der Waals surface area (Å²) in [7, 11) is 0. The molecule has 3 rings (SSSR count). The number of nitriles is 1. The minimum Gasteiger partial charge on any atom is -0.349 e. The van der Waals surface area contributed by atoms with Crippen LogP contribution in [0.3, 0.4) is 0 Å². The predicted molar refractivity (Wildman–Crippen MR) is 101 cm³/mol. The standard InChI is InChI=1S/C18H18ClN5OS/c1-10-14(12(3)24-18(23-10)13(8-20)9-21-24)4-7-17(25)22-11(2)15-5-6-16(19)26-15/h5-6,9,11H,4,7H2,1-3H3,(H,22,25). The maximum Gasteiger partial charge on any atom is 0.220 e. The molecule has 134 valence electrons. The fourth-order valence-corrected chi connectivity index (χ4v) is 4.00. The summed E-state index contributed by atoms with van der Waals surface area (Å²) in [4.78, 5) is 17.8. The average Bonchev–Trinajstić information content (AvgIpc) is 3.20. The monoisotopic (exact) mass is 387 g/mol. The Bertz CT molecular complexity index is 1020. The van der Waals surface area contributed by atoms with Gasteiger partial charge in [-0.25, -0.2) is 9.50 Å². The SMILES string of the molecule is Cc1nc2c(C#N)cnn2c(C)c1CCC(=O)NC(C)c1ccc(Cl)s1. The van der Waals surface area contributed by atoms with Crippen molar-refractivity contribution in [2.24, 2.45) is 0 Å². The molecule has 8 heteroatoms. The van der Waals surface area contributed by atoms with Gasteiger partial charge >= 0.3 is 0 Å². The maximum atomic E-state index is 12.3. The number of nitrogens with one attached hydrogen (secondary N) is 1. The van der Waals surface area contributed by atoms with Gasteiger partial charge in [0.05, 0.1) is 16.6 Å². The number of fused-ring (bicyclic) bond motifs is 1. The molecule has 0 aliphatic heterocycles. The Morgan fingerprint density at radius 2 is 2.23 bits per heavy atom. The van der Waals surface area contributed by atoms with Crippen LogP contribution in [0.25, 0.3) is 5.65 Å². The highest BCUT2D eigenvalue weighted by Gasteiger charge is 2.16. The summed E-state index contributed by atoms with van der Waals surface area (Å²) in [5.41, 5.74) is 3.70. The van der Waals surface area contributed by atoms with Crippen LogP contribution in [0.1, 0.15) is 46.8 Å². The second kappa shape index (κ2) is 7.44. The maximum absolute atomic E-state index is 12.3. The zero-order valence-corrected chi connectivity index (χ0v) is 16.3. The van der Waals surface area contributed by atoms with Gasteiger partial charge in [-0.1, -0.05) is 11.6 Å². The first-order chi connectivity index (χ1) is 12.4. The summed E-state index contributed by atoms with van der Waals surface area (Å²) < 4.78 is 2.37. The number of amides is 1. The number of rotatable bonds is 5. The second-order valence-corrected chi connectivity index (χ2v) is 7.84. The van der Waals surface area contributed by atoms with E-state index in [0.29, 0.717) is 28.4 Å². The molecular weight excluding hydrogens is 370 g/mol. The smallest absolute Gasteiger partial charge is 0.220 e. The number of nitrogens with zero attached hydrogens (tertiary/aromatic N) is 4. The summed E-state index contributed by atoms with van der Waals surface area (Å²) in [6.45, 7) is 5.77. The van der Waals surface area contributed by atoms with E-state index in [9.17, 15) is 4.79 Å². The highest BCUT2D eigenvalue weighted by Crippen LogP contribution is 2.26. The lowest BCUT2D eigenvalue weighted by Gasteiger charge is -2.14. The number of hydrogen-bond acceptors (Lipinski definition) is 5. The van der Waals surface area contributed by atoms with Crippen molar-refractivity contribution in [3.05, 3.63) is 50.1 Å². The summed E-state index contributed by atoms with van der Waals surface area (Å²) in [5.74, 6) is -0.0286. The summed E-state index contributed by atoms with van der Waals surface area (Å²) >= 11 is 7.41. The van der Waals surface area contributed by atoms with Crippen LogP contribution in [0.4, 0.5) is 0 Å². The lowest BCUT2D eigenvalue weighted by molar-refractivity contribution is -0.121. The van der Waals surface area contributed by atoms with E-state index in [1.54, 1.807) is 4.52 Å². The molecule has 0 aliphatic rings. The van der Waals surface area contributed by atoms with E-state index in [-0.39, 0.29) is 11.9 Å². The number of aromatic nitrogens is 3. The zero-order chi connectivity index (χ0) is 18.8. The molecule has 0 saturated heterocycles. The van der Waals surface area contributed by atoms with Gasteiger partial charge in [0.2, 0.25) is 5.91 Å². The van der Waals surface area contributed by atoms with Gasteiger partial charge in [-0.2, -0.15) is 10.4 Å². The van der Waals surface area contributed by atoms with Crippen molar-refractivity contribution in [3.63, 3.8) is 0 Å². The van der Waals surface area contributed by atoms with Crippen LogP contribution >= 0.6 is 22.9 Å². The Labute approximate surface area is 160 Å². The zero-order valence-electron chi connectivity index (χ0n) is 14.7. The van der Waals surface area contributed by atoms with Gasteiger partial charge < -0.3 is 5.32 Å². The molecule has 3 aromatic heterocycles. The first kappa shape index (κ1) is 18.4.